The van der Waals surface area contributed by atoms with Gasteiger partial charge in [0.2, 0.25) is 0 Å². The van der Waals surface area contributed by atoms with Crippen molar-refractivity contribution in [1.29, 1.82) is 0 Å². The van der Waals surface area contributed by atoms with Gasteiger partial charge >= 0.3 is 82.4 Å². The minimum atomic E-state index is -1.49. The van der Waals surface area contributed by atoms with Gasteiger partial charge in [-0.2, -0.15) is 0 Å². The molecule has 0 aromatic heterocycles. The van der Waals surface area contributed by atoms with Gasteiger partial charge in [0, 0.05) is 0 Å². The molecule has 0 bridgehead atoms. The van der Waals surface area contributed by atoms with Crippen molar-refractivity contribution >= 4 is 55.5 Å². The number of carboxylic acid groups (broad SMARTS) is 1. The third-order valence-corrected chi connectivity index (χ3v) is 2.29. The quantitative estimate of drug-likeness (QED) is 0.398. The van der Waals surface area contributed by atoms with E-state index in [2.05, 4.69) is 3.32 Å². The summed E-state index contributed by atoms with van der Waals surface area (Å²) in [7, 11) is -0.618. The Balaban J connectivity index is 3.49. The third kappa shape index (κ3) is 4.20. The molecule has 0 aliphatic heterocycles. The second-order valence-electron chi connectivity index (χ2n) is 0.899. The van der Waals surface area contributed by atoms with Crippen molar-refractivity contribution in [2.24, 2.45) is 0 Å². The molecule has 0 unspecified atom stereocenters. The van der Waals surface area contributed by atoms with Gasteiger partial charge in [0.05, 0.1) is 0 Å². The van der Waals surface area contributed by atoms with E-state index in [0.29, 0.717) is 43.6 Å². The average molecular weight is 176 g/mol. The summed E-state index contributed by atoms with van der Waals surface area (Å²) in [6.07, 6.45) is 0. The van der Waals surface area contributed by atoms with E-state index in [1.807, 2.05) is 0 Å². The summed E-state index contributed by atoms with van der Waals surface area (Å²) in [5, 5.41) is 7.88. The predicted octanol–water partition coefficient (Wildman–Crippen LogP) is -1.30. The number of carbonyl (C=O) groups excluding carboxylic acids is 1. The van der Waals surface area contributed by atoms with E-state index >= 15 is 0 Å². The van der Waals surface area contributed by atoms with Crippen molar-refractivity contribution in [2.75, 3.05) is 0 Å². The van der Waals surface area contributed by atoms with Crippen LogP contribution in [0.5, 0.6) is 0 Å². The van der Waals surface area contributed by atoms with Gasteiger partial charge in [0.25, 0.3) is 0 Å². The average Bonchev–Trinajstić information content (AvgIpc) is 1.67. The topological polar surface area (TPSA) is 63.6 Å². The van der Waals surface area contributed by atoms with Crippen LogP contribution in [-0.2, 0) is 21.7 Å². The number of hydrogen-bond donors (Lipinski definition) is 1. The van der Waals surface area contributed by atoms with Crippen LogP contribution in [0.4, 0.5) is 0 Å². The van der Waals surface area contributed by atoms with Gasteiger partial charge in [-0.25, -0.2) is 0 Å². The molecule has 6 heteroatoms. The van der Waals surface area contributed by atoms with Gasteiger partial charge in [-0.1, -0.05) is 0 Å². The molecule has 0 aromatic carbocycles. The first-order valence-corrected chi connectivity index (χ1v) is 10.4. The normalized spacial score (nSPS) is 7.75. The van der Waals surface area contributed by atoms with Crippen molar-refractivity contribution in [1.82, 2.24) is 0 Å². The van der Waals surface area contributed by atoms with Crippen LogP contribution < -0.4 is 0 Å². The zero-order chi connectivity index (χ0) is 6.57. The van der Waals surface area contributed by atoms with Crippen molar-refractivity contribution in [2.45, 2.75) is 0 Å². The van der Waals surface area contributed by atoms with E-state index in [-0.39, 0.29) is 0 Å². The molecule has 0 aromatic rings. The van der Waals surface area contributed by atoms with E-state index < -0.39 is 20.8 Å². The molecule has 0 fully saturated rings. The summed E-state index contributed by atoms with van der Waals surface area (Å²) in [5.74, 6) is -2.59. The van der Waals surface area contributed by atoms with E-state index in [9.17, 15) is 9.59 Å². The van der Waals surface area contributed by atoms with Crippen LogP contribution in [-0.4, -0.2) is 60.6 Å². The maximum absolute atomic E-state index is 9.98. The van der Waals surface area contributed by atoms with E-state index in [4.69, 9.17) is 5.11 Å². The van der Waals surface area contributed by atoms with Crippen LogP contribution >= 0.6 is 0 Å². The molecule has 0 radical (unpaired) electrons. The summed E-state index contributed by atoms with van der Waals surface area (Å²) in [6.45, 7) is 0. The molecular formula is C2HKO4Ti. The van der Waals surface area contributed by atoms with Gasteiger partial charge in [0.1, 0.15) is 0 Å². The monoisotopic (exact) mass is 176 g/mol. The van der Waals surface area contributed by atoms with Crippen LogP contribution in [0.25, 0.3) is 0 Å². The summed E-state index contributed by atoms with van der Waals surface area (Å²) in [4.78, 5) is 19.6. The van der Waals surface area contributed by atoms with Crippen molar-refractivity contribution in [3.05, 3.63) is 0 Å². The first-order valence-electron chi connectivity index (χ1n) is 1.79. The summed E-state index contributed by atoms with van der Waals surface area (Å²) in [6, 6.07) is 0. The first-order chi connectivity index (χ1) is 3.68. The molecule has 0 amide bonds. The first kappa shape index (κ1) is 9.29. The molecule has 1 N–H and O–H groups in total. The minimum absolute atomic E-state index is 0.498. The van der Waals surface area contributed by atoms with Gasteiger partial charge in [-0.05, 0) is 0 Å². The molecule has 38 valence electrons. The summed E-state index contributed by atoms with van der Waals surface area (Å²) >= 11 is 0.498. The number of rotatable bonds is 1. The Labute approximate surface area is 80.5 Å². The number of carboxylic acids is 1. The fourth-order valence-corrected chi connectivity index (χ4v) is 1.76. The zero-order valence-electron chi connectivity index (χ0n) is 4.17. The van der Waals surface area contributed by atoms with Crippen LogP contribution in [0.3, 0.4) is 0 Å². The molecule has 8 heavy (non-hydrogen) atoms. The summed E-state index contributed by atoms with van der Waals surface area (Å²) in [5.41, 5.74) is 0. The van der Waals surface area contributed by atoms with Gasteiger partial charge in [0.15, 0.2) is 0 Å². The maximum atomic E-state index is 9.98. The Kier molecular flexibility index (Phi) is 5.93. The standard InChI is InChI=1S/C2H2O4.K.Ti/c3-1(4)2(5)6;;/h(H,3,4)(H,5,6);;/q;;+1/p-1. The predicted molar refractivity (Wildman–Crippen MR) is 19.5 cm³/mol. The number of hydrogen-bond acceptors (Lipinski definition) is 3. The molecule has 0 saturated heterocycles. The second-order valence-corrected chi connectivity index (χ2v) is 4.48. The molecule has 0 rings (SSSR count). The molecule has 0 saturated carbocycles. The van der Waals surface area contributed by atoms with Crippen LogP contribution in [0.15, 0.2) is 0 Å². The molecule has 4 nitrogen and oxygen atoms in total. The molecule has 0 aliphatic carbocycles. The van der Waals surface area contributed by atoms with E-state index in [1.165, 1.54) is 0 Å². The Hall–Kier alpha value is 1.29. The molecule has 0 atom stereocenters. The Morgan fingerprint density at radius 1 is 1.62 bits per heavy atom. The van der Waals surface area contributed by atoms with Crippen molar-refractivity contribution < 1.29 is 26.8 Å². The van der Waals surface area contributed by atoms with Crippen LogP contribution in [0.2, 0.25) is 0 Å². The third-order valence-electron chi connectivity index (χ3n) is 0.369. The van der Waals surface area contributed by atoms with Gasteiger partial charge < -0.3 is 0 Å². The molecular weight excluding hydrogens is 175 g/mol. The van der Waals surface area contributed by atoms with Crippen LogP contribution in [0, 0.1) is 0 Å². The summed E-state index contributed by atoms with van der Waals surface area (Å²) < 4.78 is 4.27. The van der Waals surface area contributed by atoms with E-state index in [0.717, 1.165) is 0 Å². The number of aliphatic carboxylic acids is 1. The molecule has 0 aliphatic rings. The molecule has 0 spiro atoms. The van der Waals surface area contributed by atoms with Gasteiger partial charge in [-0.15, -0.1) is 0 Å². The fraction of sp³-hybridized carbons (Fsp3) is 0. The van der Waals surface area contributed by atoms with Crippen molar-refractivity contribution in [3.63, 3.8) is 0 Å². The fourth-order valence-electron chi connectivity index (χ4n) is 0.136. The Morgan fingerprint density at radius 3 is 2.25 bits per heavy atom. The Morgan fingerprint density at radius 2 is 2.12 bits per heavy atom. The van der Waals surface area contributed by atoms with Crippen LogP contribution in [0.1, 0.15) is 0 Å². The molecule has 0 heterocycles. The van der Waals surface area contributed by atoms with Gasteiger partial charge in [-0.3, -0.25) is 0 Å². The second kappa shape index (κ2) is 5.11. The number of carbonyl (C=O) groups is 2. The Bertz CT molecular complexity index is 113. The van der Waals surface area contributed by atoms with Crippen molar-refractivity contribution in [3.8, 4) is 0 Å². The SMILES string of the molecule is O=C(O)C(=O)[O][Ti][K]. The van der Waals surface area contributed by atoms with E-state index in [1.54, 1.807) is 0 Å². The zero-order valence-corrected chi connectivity index (χ0v) is 8.86.